The van der Waals surface area contributed by atoms with Gasteiger partial charge in [-0.25, -0.2) is 0 Å². The summed E-state index contributed by atoms with van der Waals surface area (Å²) in [6, 6.07) is 0. The Morgan fingerprint density at radius 1 is 1.19 bits per heavy atom. The molecule has 5 N–H and O–H groups in total. The molecule has 0 spiro atoms. The van der Waals surface area contributed by atoms with Gasteiger partial charge in [0.1, 0.15) is 5.54 Å². The Morgan fingerprint density at radius 3 is 2.24 bits per heavy atom. The minimum Gasteiger partial charge on any atom is -0.368 e. The van der Waals surface area contributed by atoms with Crippen LogP contribution in [0.25, 0.3) is 0 Å². The van der Waals surface area contributed by atoms with Crippen LogP contribution in [0.3, 0.4) is 0 Å². The molecule has 2 unspecified atom stereocenters. The fourth-order valence-corrected chi connectivity index (χ4v) is 2.38. The van der Waals surface area contributed by atoms with Crippen LogP contribution in [-0.2, 0) is 19.2 Å². The Hall–Kier alpha value is -2.12. The Bertz CT molecular complexity index is 463. The van der Waals surface area contributed by atoms with Gasteiger partial charge in [-0.2, -0.15) is 0 Å². The summed E-state index contributed by atoms with van der Waals surface area (Å²) < 4.78 is 0. The van der Waals surface area contributed by atoms with Crippen molar-refractivity contribution >= 4 is 23.6 Å². The Labute approximate surface area is 123 Å². The Kier molecular flexibility index (Phi) is 5.28. The van der Waals surface area contributed by atoms with Crippen molar-refractivity contribution in [1.29, 1.82) is 0 Å². The van der Waals surface area contributed by atoms with E-state index in [0.29, 0.717) is 6.42 Å². The summed E-state index contributed by atoms with van der Waals surface area (Å²) in [5.74, 6) is -1.64. The molecule has 8 heteroatoms. The van der Waals surface area contributed by atoms with Crippen molar-refractivity contribution in [2.75, 3.05) is 13.1 Å². The molecule has 0 aromatic heterocycles. The summed E-state index contributed by atoms with van der Waals surface area (Å²) in [6.07, 6.45) is 0.501. The van der Waals surface area contributed by atoms with Crippen LogP contribution in [0.4, 0.5) is 0 Å². The lowest BCUT2D eigenvalue weighted by molar-refractivity contribution is -0.131. The molecule has 1 saturated carbocycles. The highest BCUT2D eigenvalue weighted by molar-refractivity contribution is 5.97. The predicted molar refractivity (Wildman–Crippen MR) is 74.7 cm³/mol. The van der Waals surface area contributed by atoms with Crippen LogP contribution < -0.4 is 21.7 Å². The topological polar surface area (TPSA) is 130 Å². The Balaban J connectivity index is 2.68. The lowest BCUT2D eigenvalue weighted by Crippen LogP contribution is -2.54. The molecule has 0 aliphatic heterocycles. The number of rotatable bonds is 7. The van der Waals surface area contributed by atoms with Crippen LogP contribution >= 0.6 is 0 Å². The van der Waals surface area contributed by atoms with Crippen molar-refractivity contribution in [3.63, 3.8) is 0 Å². The number of nitrogens with one attached hydrogen (secondary N) is 3. The monoisotopic (exact) mass is 298 g/mol. The van der Waals surface area contributed by atoms with Crippen molar-refractivity contribution in [1.82, 2.24) is 16.0 Å². The zero-order valence-electron chi connectivity index (χ0n) is 12.5. The van der Waals surface area contributed by atoms with Gasteiger partial charge in [-0.05, 0) is 18.3 Å². The molecular weight excluding hydrogens is 276 g/mol. The van der Waals surface area contributed by atoms with E-state index in [4.69, 9.17) is 5.73 Å². The van der Waals surface area contributed by atoms with E-state index in [1.807, 2.05) is 13.8 Å². The van der Waals surface area contributed by atoms with Gasteiger partial charge in [0.25, 0.3) is 0 Å². The maximum Gasteiger partial charge on any atom is 0.246 e. The number of carbonyl (C=O) groups excluding carboxylic acids is 4. The summed E-state index contributed by atoms with van der Waals surface area (Å²) in [5.41, 5.74) is 3.98. The summed E-state index contributed by atoms with van der Waals surface area (Å²) in [6.45, 7) is 4.75. The van der Waals surface area contributed by atoms with Gasteiger partial charge in [0.05, 0.1) is 13.1 Å². The lowest BCUT2D eigenvalue weighted by atomic mass is 10.0. The lowest BCUT2D eigenvalue weighted by Gasteiger charge is -2.20. The third kappa shape index (κ3) is 4.44. The standard InChI is InChI=1S/C13H22N4O4/c1-7(2)9-4-13(9,12(21)16-5-10(14)19)17-11(20)6-15-8(3)18/h7,9H,4-6H2,1-3H3,(H2,14,19)(H,15,18)(H,16,21)(H,17,20). The molecule has 0 radical (unpaired) electrons. The molecule has 118 valence electrons. The molecule has 1 aliphatic carbocycles. The highest BCUT2D eigenvalue weighted by atomic mass is 16.2. The van der Waals surface area contributed by atoms with E-state index in [1.54, 1.807) is 0 Å². The van der Waals surface area contributed by atoms with Gasteiger partial charge < -0.3 is 21.7 Å². The first-order valence-electron chi connectivity index (χ1n) is 6.81. The third-order valence-electron chi connectivity index (χ3n) is 3.51. The fraction of sp³-hybridized carbons (Fsp3) is 0.692. The van der Waals surface area contributed by atoms with Crippen LogP contribution in [0.1, 0.15) is 27.2 Å². The second-order valence-corrected chi connectivity index (χ2v) is 5.63. The van der Waals surface area contributed by atoms with E-state index < -0.39 is 23.3 Å². The number of nitrogens with two attached hydrogens (primary N) is 1. The molecule has 0 saturated heterocycles. The first-order valence-corrected chi connectivity index (χ1v) is 6.81. The van der Waals surface area contributed by atoms with Crippen LogP contribution in [0.15, 0.2) is 0 Å². The van der Waals surface area contributed by atoms with Gasteiger partial charge in [0.2, 0.25) is 23.6 Å². The van der Waals surface area contributed by atoms with Crippen LogP contribution in [0, 0.1) is 11.8 Å². The maximum absolute atomic E-state index is 12.2. The number of carbonyl (C=O) groups is 4. The summed E-state index contributed by atoms with van der Waals surface area (Å²) in [7, 11) is 0. The maximum atomic E-state index is 12.2. The third-order valence-corrected chi connectivity index (χ3v) is 3.51. The van der Waals surface area contributed by atoms with Crippen molar-refractivity contribution in [2.24, 2.45) is 17.6 Å². The SMILES string of the molecule is CC(=O)NCC(=O)NC1(C(=O)NCC(N)=O)CC1C(C)C. The van der Waals surface area contributed by atoms with Crippen LogP contribution in [0.5, 0.6) is 0 Å². The van der Waals surface area contributed by atoms with E-state index in [2.05, 4.69) is 16.0 Å². The molecule has 1 fully saturated rings. The van der Waals surface area contributed by atoms with Gasteiger partial charge in [0, 0.05) is 6.92 Å². The first-order chi connectivity index (χ1) is 9.69. The number of hydrogen-bond acceptors (Lipinski definition) is 4. The second kappa shape index (κ2) is 6.55. The van der Waals surface area contributed by atoms with E-state index in [1.165, 1.54) is 6.92 Å². The van der Waals surface area contributed by atoms with Gasteiger partial charge in [-0.3, -0.25) is 19.2 Å². The van der Waals surface area contributed by atoms with E-state index in [-0.39, 0.29) is 30.8 Å². The highest BCUT2D eigenvalue weighted by Gasteiger charge is 2.61. The summed E-state index contributed by atoms with van der Waals surface area (Å²) in [5, 5.41) is 7.46. The van der Waals surface area contributed by atoms with Gasteiger partial charge in [0.15, 0.2) is 0 Å². The molecule has 8 nitrogen and oxygen atoms in total. The predicted octanol–water partition coefficient (Wildman–Crippen LogP) is -1.75. The average molecular weight is 298 g/mol. The highest BCUT2D eigenvalue weighted by Crippen LogP contribution is 2.48. The summed E-state index contributed by atoms with van der Waals surface area (Å²) >= 11 is 0. The molecule has 21 heavy (non-hydrogen) atoms. The van der Waals surface area contributed by atoms with Crippen molar-refractivity contribution in [3.8, 4) is 0 Å². The van der Waals surface area contributed by atoms with Gasteiger partial charge in [-0.15, -0.1) is 0 Å². The molecule has 1 rings (SSSR count). The van der Waals surface area contributed by atoms with Crippen molar-refractivity contribution < 1.29 is 19.2 Å². The van der Waals surface area contributed by atoms with E-state index in [0.717, 1.165) is 0 Å². The van der Waals surface area contributed by atoms with E-state index >= 15 is 0 Å². The van der Waals surface area contributed by atoms with Crippen molar-refractivity contribution in [2.45, 2.75) is 32.7 Å². The minimum absolute atomic E-state index is 0.00773. The Morgan fingerprint density at radius 2 is 1.81 bits per heavy atom. The molecule has 4 amide bonds. The summed E-state index contributed by atoms with van der Waals surface area (Å²) in [4.78, 5) is 45.5. The molecule has 0 aromatic rings. The quantitative estimate of drug-likeness (QED) is 0.444. The fourth-order valence-electron chi connectivity index (χ4n) is 2.38. The first kappa shape index (κ1) is 16.9. The molecule has 1 aliphatic rings. The van der Waals surface area contributed by atoms with E-state index in [9.17, 15) is 19.2 Å². The van der Waals surface area contributed by atoms with Crippen molar-refractivity contribution in [3.05, 3.63) is 0 Å². The minimum atomic E-state index is -1.01. The zero-order chi connectivity index (χ0) is 16.2. The zero-order valence-corrected chi connectivity index (χ0v) is 12.5. The molecule has 0 heterocycles. The van der Waals surface area contributed by atoms with Crippen LogP contribution in [-0.4, -0.2) is 42.3 Å². The molecular formula is C13H22N4O4. The molecule has 0 aromatic carbocycles. The second-order valence-electron chi connectivity index (χ2n) is 5.63. The van der Waals surface area contributed by atoms with Gasteiger partial charge >= 0.3 is 0 Å². The average Bonchev–Trinajstić information content (AvgIpc) is 3.09. The molecule has 0 bridgehead atoms. The van der Waals surface area contributed by atoms with Gasteiger partial charge in [-0.1, -0.05) is 13.8 Å². The number of amides is 4. The number of hydrogen-bond donors (Lipinski definition) is 4. The normalized spacial score (nSPS) is 23.3. The number of primary amides is 1. The molecule has 2 atom stereocenters. The smallest absolute Gasteiger partial charge is 0.246 e. The largest absolute Gasteiger partial charge is 0.368 e. The van der Waals surface area contributed by atoms with Crippen LogP contribution in [0.2, 0.25) is 0 Å².